The van der Waals surface area contributed by atoms with Gasteiger partial charge in [-0.05, 0) is 30.4 Å². The first-order valence-corrected chi connectivity index (χ1v) is 7.85. The number of carbonyl (C=O) groups excluding carboxylic acids is 1. The molecule has 5 heteroatoms. The van der Waals surface area contributed by atoms with E-state index >= 15 is 0 Å². The number of primary amides is 1. The lowest BCUT2D eigenvalue weighted by molar-refractivity contribution is -0.119. The summed E-state index contributed by atoms with van der Waals surface area (Å²) in [6, 6.07) is 6.11. The maximum atomic E-state index is 11.5. The van der Waals surface area contributed by atoms with Crippen molar-refractivity contribution in [2.24, 2.45) is 5.73 Å². The molecule has 1 fully saturated rings. The lowest BCUT2D eigenvalue weighted by atomic mass is 10.0. The van der Waals surface area contributed by atoms with Crippen molar-refractivity contribution in [1.82, 2.24) is 4.98 Å². The quantitative estimate of drug-likeness (QED) is 0.945. The molecule has 1 amide bonds. The molecule has 106 valence electrons. The van der Waals surface area contributed by atoms with E-state index in [2.05, 4.69) is 36.9 Å². The highest BCUT2D eigenvalue weighted by molar-refractivity contribution is 7.22. The van der Waals surface area contributed by atoms with Crippen LogP contribution in [0.25, 0.3) is 10.2 Å². The van der Waals surface area contributed by atoms with Crippen molar-refractivity contribution >= 4 is 32.6 Å². The molecule has 20 heavy (non-hydrogen) atoms. The first-order valence-electron chi connectivity index (χ1n) is 7.03. The van der Waals surface area contributed by atoms with Crippen molar-refractivity contribution < 1.29 is 4.79 Å². The number of nitrogens with two attached hydrogens (primary N) is 1. The van der Waals surface area contributed by atoms with Crippen LogP contribution in [0.1, 0.15) is 38.2 Å². The highest BCUT2D eigenvalue weighted by atomic mass is 32.1. The lowest BCUT2D eigenvalue weighted by Crippen LogP contribution is -2.40. The Morgan fingerprint density at radius 2 is 2.30 bits per heavy atom. The number of amides is 1. The summed E-state index contributed by atoms with van der Waals surface area (Å²) in [5.41, 5.74) is 7.83. The molecule has 1 unspecified atom stereocenters. The van der Waals surface area contributed by atoms with Crippen LogP contribution in [0.15, 0.2) is 18.2 Å². The number of rotatable bonds is 3. The van der Waals surface area contributed by atoms with Gasteiger partial charge < -0.3 is 10.6 Å². The van der Waals surface area contributed by atoms with Gasteiger partial charge in [0.2, 0.25) is 5.91 Å². The number of fused-ring (bicyclic) bond motifs is 1. The van der Waals surface area contributed by atoms with Crippen molar-refractivity contribution in [2.45, 2.75) is 38.6 Å². The molecular weight excluding hydrogens is 270 g/mol. The summed E-state index contributed by atoms with van der Waals surface area (Å²) in [5.74, 6) is 0.199. The Hall–Kier alpha value is -1.62. The number of benzene rings is 1. The molecule has 4 nitrogen and oxygen atoms in total. The molecule has 0 saturated carbocycles. The lowest BCUT2D eigenvalue weighted by Gasteiger charge is -2.20. The largest absolute Gasteiger partial charge is 0.368 e. The Labute approximate surface area is 122 Å². The van der Waals surface area contributed by atoms with Crippen LogP contribution in [0.5, 0.6) is 0 Å². The predicted molar refractivity (Wildman–Crippen MR) is 83.3 cm³/mol. The topological polar surface area (TPSA) is 59.2 Å². The van der Waals surface area contributed by atoms with Crippen LogP contribution in [-0.2, 0) is 4.79 Å². The van der Waals surface area contributed by atoms with Crippen LogP contribution in [0, 0.1) is 0 Å². The van der Waals surface area contributed by atoms with Crippen molar-refractivity contribution in [1.29, 1.82) is 0 Å². The summed E-state index contributed by atoms with van der Waals surface area (Å²) in [4.78, 5) is 18.4. The van der Waals surface area contributed by atoms with Crippen LogP contribution in [0.3, 0.4) is 0 Å². The van der Waals surface area contributed by atoms with E-state index in [1.165, 1.54) is 10.3 Å². The second-order valence-corrected chi connectivity index (χ2v) is 6.61. The maximum absolute atomic E-state index is 11.5. The van der Waals surface area contributed by atoms with E-state index < -0.39 is 0 Å². The fourth-order valence-corrected chi connectivity index (χ4v) is 3.91. The monoisotopic (exact) mass is 289 g/mol. The van der Waals surface area contributed by atoms with E-state index in [1.807, 2.05) is 0 Å². The molecule has 1 aromatic heterocycles. The Kier molecular flexibility index (Phi) is 3.38. The van der Waals surface area contributed by atoms with Gasteiger partial charge in [0.15, 0.2) is 5.13 Å². The highest BCUT2D eigenvalue weighted by Crippen LogP contribution is 2.36. The molecule has 1 atom stereocenters. The van der Waals surface area contributed by atoms with Crippen molar-refractivity contribution in [3.63, 3.8) is 0 Å². The number of carbonyl (C=O) groups is 1. The van der Waals surface area contributed by atoms with E-state index in [4.69, 9.17) is 10.7 Å². The van der Waals surface area contributed by atoms with Gasteiger partial charge in [0.25, 0.3) is 0 Å². The van der Waals surface area contributed by atoms with E-state index in [0.717, 1.165) is 30.0 Å². The third kappa shape index (κ3) is 2.16. The van der Waals surface area contributed by atoms with Crippen molar-refractivity contribution in [3.8, 4) is 0 Å². The van der Waals surface area contributed by atoms with Gasteiger partial charge in [-0.1, -0.05) is 37.3 Å². The average Bonchev–Trinajstić information content (AvgIpc) is 3.03. The van der Waals surface area contributed by atoms with Crippen LogP contribution in [0.2, 0.25) is 0 Å². The van der Waals surface area contributed by atoms with Crippen LogP contribution in [0.4, 0.5) is 5.13 Å². The molecular formula is C15H19N3OS. The summed E-state index contributed by atoms with van der Waals surface area (Å²) in [7, 11) is 0. The molecule has 0 aliphatic carbocycles. The molecule has 3 rings (SSSR count). The van der Waals surface area contributed by atoms with Gasteiger partial charge in [-0.2, -0.15) is 0 Å². The number of para-hydroxylation sites is 1. The number of nitrogens with zero attached hydrogens (tertiary/aromatic N) is 2. The minimum atomic E-state index is -0.245. The van der Waals surface area contributed by atoms with E-state index in [9.17, 15) is 4.79 Å². The molecule has 1 aromatic carbocycles. The third-order valence-corrected chi connectivity index (χ3v) is 4.95. The molecule has 1 saturated heterocycles. The van der Waals surface area contributed by atoms with Gasteiger partial charge in [-0.3, -0.25) is 4.79 Å². The second-order valence-electron chi connectivity index (χ2n) is 5.60. The van der Waals surface area contributed by atoms with Crippen molar-refractivity contribution in [3.05, 3.63) is 23.8 Å². The van der Waals surface area contributed by atoms with E-state index in [-0.39, 0.29) is 11.9 Å². The summed E-state index contributed by atoms with van der Waals surface area (Å²) >= 11 is 1.65. The van der Waals surface area contributed by atoms with Gasteiger partial charge >= 0.3 is 0 Å². The van der Waals surface area contributed by atoms with Gasteiger partial charge in [0.1, 0.15) is 6.04 Å². The first kappa shape index (κ1) is 13.4. The zero-order valence-corrected chi connectivity index (χ0v) is 12.6. The number of hydrogen-bond donors (Lipinski definition) is 1. The van der Waals surface area contributed by atoms with Gasteiger partial charge in [0.05, 0.1) is 10.2 Å². The Bertz CT molecular complexity index is 650. The summed E-state index contributed by atoms with van der Waals surface area (Å²) < 4.78 is 1.18. The number of hydrogen-bond acceptors (Lipinski definition) is 4. The minimum Gasteiger partial charge on any atom is -0.368 e. The predicted octanol–water partition coefficient (Wildman–Crippen LogP) is 2.87. The zero-order chi connectivity index (χ0) is 14.3. The molecule has 0 bridgehead atoms. The van der Waals surface area contributed by atoms with E-state index in [1.54, 1.807) is 11.3 Å². The van der Waals surface area contributed by atoms with Crippen molar-refractivity contribution in [2.75, 3.05) is 11.4 Å². The Balaban J connectivity index is 2.05. The highest BCUT2D eigenvalue weighted by Gasteiger charge is 2.31. The molecule has 2 aromatic rings. The number of anilines is 1. The number of thiazole rings is 1. The maximum Gasteiger partial charge on any atom is 0.240 e. The molecule has 0 spiro atoms. The van der Waals surface area contributed by atoms with Crippen LogP contribution >= 0.6 is 11.3 Å². The second kappa shape index (κ2) is 5.05. The Morgan fingerprint density at radius 1 is 1.50 bits per heavy atom. The van der Waals surface area contributed by atoms with Gasteiger partial charge in [-0.15, -0.1) is 0 Å². The van der Waals surface area contributed by atoms with Gasteiger partial charge in [-0.25, -0.2) is 4.98 Å². The fraction of sp³-hybridized carbons (Fsp3) is 0.467. The zero-order valence-electron chi connectivity index (χ0n) is 11.8. The summed E-state index contributed by atoms with van der Waals surface area (Å²) in [6.45, 7) is 5.22. The smallest absolute Gasteiger partial charge is 0.240 e. The summed E-state index contributed by atoms with van der Waals surface area (Å²) in [5, 5.41) is 0.925. The Morgan fingerprint density at radius 3 is 3.00 bits per heavy atom. The molecule has 1 aliphatic rings. The molecule has 2 heterocycles. The first-order chi connectivity index (χ1) is 9.58. The minimum absolute atomic E-state index is 0.196. The molecule has 1 aliphatic heterocycles. The SMILES string of the molecule is CC(C)c1cccc2sc(N3CCCC3C(N)=O)nc12. The summed E-state index contributed by atoms with van der Waals surface area (Å²) in [6.07, 6.45) is 1.84. The average molecular weight is 289 g/mol. The van der Waals surface area contributed by atoms with Gasteiger partial charge in [0, 0.05) is 6.54 Å². The standard InChI is InChI=1S/C15H19N3OS/c1-9(2)10-5-3-7-12-13(10)17-15(20-12)18-8-4-6-11(18)14(16)19/h3,5,7,9,11H,4,6,8H2,1-2H3,(H2,16,19). The third-order valence-electron chi connectivity index (χ3n) is 3.89. The molecule has 2 N–H and O–H groups in total. The number of aromatic nitrogens is 1. The fourth-order valence-electron chi connectivity index (χ4n) is 2.84. The molecule has 0 radical (unpaired) electrons. The van der Waals surface area contributed by atoms with E-state index in [0.29, 0.717) is 5.92 Å². The normalized spacial score (nSPS) is 19.1. The van der Waals surface area contributed by atoms with Crippen LogP contribution < -0.4 is 10.6 Å². The van der Waals surface area contributed by atoms with Crippen LogP contribution in [-0.4, -0.2) is 23.5 Å².